The minimum atomic E-state index is -1.33. The van der Waals surface area contributed by atoms with Crippen molar-refractivity contribution in [3.63, 3.8) is 0 Å². The van der Waals surface area contributed by atoms with Crippen molar-refractivity contribution in [3.8, 4) is 0 Å². The number of nitrogens with one attached hydrogen (secondary N) is 2. The van der Waals surface area contributed by atoms with Gasteiger partial charge in [-0.05, 0) is 32.0 Å². The Morgan fingerprint density at radius 2 is 1.69 bits per heavy atom. The molecule has 1 fully saturated rings. The van der Waals surface area contributed by atoms with Crippen LogP contribution in [-0.2, 0) is 20.9 Å². The van der Waals surface area contributed by atoms with Gasteiger partial charge in [0.25, 0.3) is 0 Å². The van der Waals surface area contributed by atoms with E-state index in [-0.39, 0.29) is 6.54 Å². The van der Waals surface area contributed by atoms with E-state index in [0.29, 0.717) is 24.5 Å². The van der Waals surface area contributed by atoms with Crippen molar-refractivity contribution in [1.82, 2.24) is 5.32 Å². The van der Waals surface area contributed by atoms with Crippen LogP contribution in [0.15, 0.2) is 48.5 Å². The van der Waals surface area contributed by atoms with Gasteiger partial charge in [0.2, 0.25) is 11.8 Å². The van der Waals surface area contributed by atoms with Gasteiger partial charge in [0.15, 0.2) is 0 Å². The van der Waals surface area contributed by atoms with Crippen LogP contribution < -0.4 is 15.5 Å². The number of nitrogens with zero attached hydrogens (tertiary/aromatic N) is 1. The summed E-state index contributed by atoms with van der Waals surface area (Å²) in [5.41, 5.74) is 0.583. The highest BCUT2D eigenvalue weighted by Gasteiger charge is 2.36. The molecule has 1 saturated heterocycles. The third-order valence-electron chi connectivity index (χ3n) is 5.04. The van der Waals surface area contributed by atoms with Crippen LogP contribution >= 0.6 is 0 Å². The fraction of sp³-hybridized carbons (Fsp3) is 0.364. The first-order valence-corrected chi connectivity index (χ1v) is 9.64. The number of hydrogen-bond donors (Lipinski definition) is 2. The van der Waals surface area contributed by atoms with Gasteiger partial charge in [-0.1, -0.05) is 30.3 Å². The molecule has 0 atom stereocenters. The molecule has 2 amide bonds. The third-order valence-corrected chi connectivity index (χ3v) is 5.04. The summed E-state index contributed by atoms with van der Waals surface area (Å²) in [4.78, 5) is 27.7. The second kappa shape index (κ2) is 9.05. The van der Waals surface area contributed by atoms with Gasteiger partial charge in [0.05, 0.1) is 24.6 Å². The Bertz CT molecular complexity index is 879. The summed E-state index contributed by atoms with van der Waals surface area (Å²) >= 11 is 0. The Labute approximate surface area is 170 Å². The number of rotatable bonds is 6. The van der Waals surface area contributed by atoms with Crippen LogP contribution in [0.1, 0.15) is 19.4 Å². The molecule has 1 heterocycles. The summed E-state index contributed by atoms with van der Waals surface area (Å²) in [5, 5.41) is 5.54. The van der Waals surface area contributed by atoms with Gasteiger partial charge >= 0.3 is 0 Å². The lowest BCUT2D eigenvalue weighted by atomic mass is 9.90. The molecule has 1 aliphatic rings. The smallest absolute Gasteiger partial charge is 0.239 e. The molecule has 3 rings (SSSR count). The van der Waals surface area contributed by atoms with Crippen LogP contribution in [0.4, 0.5) is 15.8 Å². The van der Waals surface area contributed by atoms with Gasteiger partial charge in [0, 0.05) is 25.2 Å². The highest BCUT2D eigenvalue weighted by atomic mass is 19.1. The van der Waals surface area contributed by atoms with Crippen LogP contribution in [0, 0.1) is 11.2 Å². The van der Waals surface area contributed by atoms with Crippen molar-refractivity contribution in [2.45, 2.75) is 20.4 Å². The molecule has 154 valence electrons. The van der Waals surface area contributed by atoms with Crippen LogP contribution in [0.5, 0.6) is 0 Å². The SMILES string of the molecule is CC(C)(C(=O)NCc1ccccc1F)C(=O)Nc1ccccc1N1CCOCC1. The van der Waals surface area contributed by atoms with Gasteiger partial charge in [-0.3, -0.25) is 9.59 Å². The second-order valence-corrected chi connectivity index (χ2v) is 7.47. The van der Waals surface area contributed by atoms with E-state index in [2.05, 4.69) is 15.5 Å². The van der Waals surface area contributed by atoms with Crippen LogP contribution in [0.25, 0.3) is 0 Å². The van der Waals surface area contributed by atoms with Crippen molar-refractivity contribution >= 4 is 23.2 Å². The first-order valence-electron chi connectivity index (χ1n) is 9.64. The standard InChI is InChI=1S/C22H26FN3O3/c1-22(2,20(27)24-15-16-7-3-4-8-17(16)23)21(28)25-18-9-5-6-10-19(18)26-11-13-29-14-12-26/h3-10H,11-15H2,1-2H3,(H,24,27)(H,25,28). The molecule has 1 aliphatic heterocycles. The van der Waals surface area contributed by atoms with E-state index in [1.54, 1.807) is 32.0 Å². The molecule has 2 N–H and O–H groups in total. The first kappa shape index (κ1) is 20.8. The molecule has 29 heavy (non-hydrogen) atoms. The Morgan fingerprint density at radius 3 is 2.41 bits per heavy atom. The topological polar surface area (TPSA) is 70.7 Å². The Morgan fingerprint density at radius 1 is 1.03 bits per heavy atom. The van der Waals surface area contributed by atoms with E-state index < -0.39 is 23.0 Å². The van der Waals surface area contributed by atoms with E-state index in [1.165, 1.54) is 6.07 Å². The van der Waals surface area contributed by atoms with Gasteiger partial charge < -0.3 is 20.3 Å². The molecular weight excluding hydrogens is 373 g/mol. The Hall–Kier alpha value is -2.93. The summed E-state index contributed by atoms with van der Waals surface area (Å²) in [5.74, 6) is -1.29. The molecule has 0 radical (unpaired) electrons. The third kappa shape index (κ3) is 4.92. The van der Waals surface area contributed by atoms with E-state index in [4.69, 9.17) is 4.74 Å². The van der Waals surface area contributed by atoms with E-state index >= 15 is 0 Å². The first-order chi connectivity index (χ1) is 13.9. The number of para-hydroxylation sites is 2. The maximum Gasteiger partial charge on any atom is 0.239 e. The van der Waals surface area contributed by atoms with E-state index in [0.717, 1.165) is 18.8 Å². The average molecular weight is 399 g/mol. The fourth-order valence-electron chi connectivity index (χ4n) is 3.08. The molecule has 2 aromatic carbocycles. The average Bonchev–Trinajstić information content (AvgIpc) is 2.74. The summed E-state index contributed by atoms with van der Waals surface area (Å²) in [6, 6.07) is 13.7. The van der Waals surface area contributed by atoms with Gasteiger partial charge in [-0.2, -0.15) is 0 Å². The second-order valence-electron chi connectivity index (χ2n) is 7.47. The summed E-state index contributed by atoms with van der Waals surface area (Å²) in [6.45, 7) is 5.86. The van der Waals surface area contributed by atoms with Gasteiger partial charge in [-0.25, -0.2) is 4.39 Å². The highest BCUT2D eigenvalue weighted by molar-refractivity contribution is 6.10. The minimum Gasteiger partial charge on any atom is -0.378 e. The number of ether oxygens (including phenoxy) is 1. The predicted molar refractivity (Wildman–Crippen MR) is 110 cm³/mol. The van der Waals surface area contributed by atoms with Crippen LogP contribution in [0.3, 0.4) is 0 Å². The Kier molecular flexibility index (Phi) is 6.49. The zero-order valence-corrected chi connectivity index (χ0v) is 16.7. The lowest BCUT2D eigenvalue weighted by molar-refractivity contribution is -0.138. The zero-order chi connectivity index (χ0) is 20.9. The number of hydrogen-bond acceptors (Lipinski definition) is 4. The fourth-order valence-corrected chi connectivity index (χ4v) is 3.08. The lowest BCUT2D eigenvalue weighted by Crippen LogP contribution is -2.45. The quantitative estimate of drug-likeness (QED) is 0.733. The summed E-state index contributed by atoms with van der Waals surface area (Å²) in [7, 11) is 0. The van der Waals surface area contributed by atoms with Crippen LogP contribution in [0.2, 0.25) is 0 Å². The number of carbonyl (C=O) groups is 2. The van der Waals surface area contributed by atoms with Crippen molar-refractivity contribution < 1.29 is 18.7 Å². The Balaban J connectivity index is 1.67. The molecular formula is C22H26FN3O3. The van der Waals surface area contributed by atoms with Crippen molar-refractivity contribution in [2.75, 3.05) is 36.5 Å². The molecule has 6 nitrogen and oxygen atoms in total. The maximum absolute atomic E-state index is 13.8. The molecule has 0 aromatic heterocycles. The molecule has 7 heteroatoms. The van der Waals surface area contributed by atoms with Crippen molar-refractivity contribution in [2.24, 2.45) is 5.41 Å². The number of morpholine rings is 1. The molecule has 0 spiro atoms. The van der Waals surface area contributed by atoms with Gasteiger partial charge in [-0.15, -0.1) is 0 Å². The number of anilines is 2. The molecule has 0 unspecified atom stereocenters. The monoisotopic (exact) mass is 399 g/mol. The molecule has 0 saturated carbocycles. The summed E-state index contributed by atoms with van der Waals surface area (Å²) < 4.78 is 19.2. The molecule has 0 bridgehead atoms. The minimum absolute atomic E-state index is 0.0204. The van der Waals surface area contributed by atoms with Crippen molar-refractivity contribution in [1.29, 1.82) is 0 Å². The molecule has 2 aromatic rings. The zero-order valence-electron chi connectivity index (χ0n) is 16.7. The van der Waals surface area contributed by atoms with Crippen molar-refractivity contribution in [3.05, 3.63) is 59.9 Å². The lowest BCUT2D eigenvalue weighted by Gasteiger charge is -2.31. The van der Waals surface area contributed by atoms with E-state index in [9.17, 15) is 14.0 Å². The highest BCUT2D eigenvalue weighted by Crippen LogP contribution is 2.28. The van der Waals surface area contributed by atoms with E-state index in [1.807, 2.05) is 24.3 Å². The number of carbonyl (C=O) groups excluding carboxylic acids is 2. The number of benzene rings is 2. The largest absolute Gasteiger partial charge is 0.378 e. The molecule has 0 aliphatic carbocycles. The number of amides is 2. The van der Waals surface area contributed by atoms with Crippen LogP contribution in [-0.4, -0.2) is 38.1 Å². The maximum atomic E-state index is 13.8. The number of halogens is 1. The summed E-state index contributed by atoms with van der Waals surface area (Å²) in [6.07, 6.45) is 0. The van der Waals surface area contributed by atoms with Gasteiger partial charge in [0.1, 0.15) is 11.2 Å². The predicted octanol–water partition coefficient (Wildman–Crippen LogP) is 2.94. The normalized spacial score (nSPS) is 14.4.